The zero-order chi connectivity index (χ0) is 21.0. The number of nitro benzene ring substituents is 1. The number of piperazine rings is 1. The Balaban J connectivity index is 1.72. The fraction of sp³-hybridized carbons (Fsp3) is 0.368. The summed E-state index contributed by atoms with van der Waals surface area (Å²) in [5.74, 6) is -0.142. The molecule has 3 rings (SSSR count). The Morgan fingerprint density at radius 1 is 1.14 bits per heavy atom. The Hall–Kier alpha value is -3.14. The number of methoxy groups -OCH3 is 1. The first-order chi connectivity index (χ1) is 13.9. The number of aromatic hydroxyl groups is 1. The van der Waals surface area contributed by atoms with Crippen molar-refractivity contribution in [3.63, 3.8) is 0 Å². The summed E-state index contributed by atoms with van der Waals surface area (Å²) in [7, 11) is 1.29. The second-order valence-corrected chi connectivity index (χ2v) is 6.55. The number of hydrogen-bond donors (Lipinski definition) is 1. The van der Waals surface area contributed by atoms with E-state index in [2.05, 4.69) is 9.64 Å². The first-order valence-corrected chi connectivity index (χ1v) is 8.94. The zero-order valence-corrected chi connectivity index (χ0v) is 15.8. The SMILES string of the molecule is COc1cc(CN2CCN(c3ccc(O)cc3)CC2)c([N+](=O)[O-])cc1OC(F)F. The van der Waals surface area contributed by atoms with Gasteiger partial charge < -0.3 is 19.5 Å². The predicted molar refractivity (Wildman–Crippen MR) is 102 cm³/mol. The van der Waals surface area contributed by atoms with E-state index in [0.29, 0.717) is 31.7 Å². The average molecular weight is 409 g/mol. The smallest absolute Gasteiger partial charge is 0.387 e. The number of phenolic OH excluding ortho intramolecular Hbond substituents is 1. The molecule has 0 aliphatic carbocycles. The highest BCUT2D eigenvalue weighted by molar-refractivity contribution is 5.54. The number of anilines is 1. The molecule has 2 aromatic carbocycles. The molecule has 1 N–H and O–H groups in total. The molecule has 0 spiro atoms. The van der Waals surface area contributed by atoms with Crippen molar-refractivity contribution in [2.24, 2.45) is 0 Å². The standard InChI is InChI=1S/C19H21F2N3O5/c1-28-17-10-13(16(24(26)27)11-18(17)29-19(20)21)12-22-6-8-23(9-7-22)14-2-4-15(25)5-3-14/h2-5,10-11,19,25H,6-9,12H2,1H3. The number of rotatable bonds is 7. The van der Waals surface area contributed by atoms with E-state index in [0.717, 1.165) is 11.8 Å². The minimum Gasteiger partial charge on any atom is -0.508 e. The molecule has 0 bridgehead atoms. The maximum Gasteiger partial charge on any atom is 0.387 e. The summed E-state index contributed by atoms with van der Waals surface area (Å²) in [4.78, 5) is 15.0. The van der Waals surface area contributed by atoms with Crippen LogP contribution in [-0.2, 0) is 6.54 Å². The molecule has 1 aliphatic heterocycles. The van der Waals surface area contributed by atoms with Crippen molar-refractivity contribution in [1.29, 1.82) is 0 Å². The third kappa shape index (κ3) is 5.02. The van der Waals surface area contributed by atoms with E-state index >= 15 is 0 Å². The fourth-order valence-electron chi connectivity index (χ4n) is 3.30. The number of ether oxygens (including phenoxy) is 2. The van der Waals surface area contributed by atoms with Crippen LogP contribution < -0.4 is 14.4 Å². The molecule has 10 heteroatoms. The lowest BCUT2D eigenvalue weighted by Gasteiger charge is -2.36. The summed E-state index contributed by atoms with van der Waals surface area (Å²) in [6, 6.07) is 9.28. The molecule has 29 heavy (non-hydrogen) atoms. The molecule has 1 fully saturated rings. The molecule has 1 saturated heterocycles. The number of nitro groups is 1. The van der Waals surface area contributed by atoms with E-state index in [1.54, 1.807) is 12.1 Å². The Morgan fingerprint density at radius 2 is 1.79 bits per heavy atom. The average Bonchev–Trinajstić information content (AvgIpc) is 2.69. The van der Waals surface area contributed by atoms with Crippen LogP contribution in [0.4, 0.5) is 20.2 Å². The summed E-state index contributed by atoms with van der Waals surface area (Å²) in [6.45, 7) is -0.0803. The van der Waals surface area contributed by atoms with Gasteiger partial charge in [-0.15, -0.1) is 0 Å². The summed E-state index contributed by atoms with van der Waals surface area (Å²) in [5, 5.41) is 20.8. The molecule has 8 nitrogen and oxygen atoms in total. The van der Waals surface area contributed by atoms with Crippen LogP contribution in [0.1, 0.15) is 5.56 Å². The maximum absolute atomic E-state index is 12.6. The monoisotopic (exact) mass is 409 g/mol. The van der Waals surface area contributed by atoms with Crippen molar-refractivity contribution in [3.8, 4) is 17.2 Å². The van der Waals surface area contributed by atoms with Crippen LogP contribution in [0.25, 0.3) is 0 Å². The van der Waals surface area contributed by atoms with Gasteiger partial charge in [-0.2, -0.15) is 8.78 Å². The van der Waals surface area contributed by atoms with E-state index in [9.17, 15) is 24.0 Å². The molecule has 1 heterocycles. The van der Waals surface area contributed by atoms with Crippen molar-refractivity contribution < 1.29 is 28.3 Å². The summed E-state index contributed by atoms with van der Waals surface area (Å²) < 4.78 is 34.5. The Labute approximate surface area is 166 Å². The maximum atomic E-state index is 12.6. The van der Waals surface area contributed by atoms with Crippen LogP contribution in [0, 0.1) is 10.1 Å². The van der Waals surface area contributed by atoms with Gasteiger partial charge in [0.15, 0.2) is 11.5 Å². The lowest BCUT2D eigenvalue weighted by atomic mass is 10.1. The largest absolute Gasteiger partial charge is 0.508 e. The van der Waals surface area contributed by atoms with E-state index in [-0.39, 0.29) is 29.5 Å². The highest BCUT2D eigenvalue weighted by Gasteiger charge is 2.25. The van der Waals surface area contributed by atoms with E-state index in [4.69, 9.17) is 4.74 Å². The van der Waals surface area contributed by atoms with Crippen LogP contribution in [0.15, 0.2) is 36.4 Å². The number of alkyl halides is 2. The molecular weight excluding hydrogens is 388 g/mol. The molecular formula is C19H21F2N3O5. The third-order valence-corrected chi connectivity index (χ3v) is 4.76. The summed E-state index contributed by atoms with van der Waals surface area (Å²) in [6.07, 6.45) is 0. The van der Waals surface area contributed by atoms with Crippen LogP contribution in [0.3, 0.4) is 0 Å². The van der Waals surface area contributed by atoms with Gasteiger partial charge in [-0.05, 0) is 30.3 Å². The van der Waals surface area contributed by atoms with E-state index < -0.39 is 11.5 Å². The molecule has 1 aliphatic rings. The van der Waals surface area contributed by atoms with Crippen LogP contribution in [0.5, 0.6) is 17.2 Å². The van der Waals surface area contributed by atoms with Crippen molar-refractivity contribution in [3.05, 3.63) is 52.1 Å². The second kappa shape index (κ2) is 8.91. The number of halogens is 2. The van der Waals surface area contributed by atoms with Gasteiger partial charge in [0, 0.05) is 44.0 Å². The van der Waals surface area contributed by atoms with Gasteiger partial charge in [0.1, 0.15) is 5.75 Å². The minimum absolute atomic E-state index is 0.0219. The molecule has 0 aromatic heterocycles. The first-order valence-electron chi connectivity index (χ1n) is 8.94. The summed E-state index contributed by atoms with van der Waals surface area (Å²) >= 11 is 0. The Kier molecular flexibility index (Phi) is 6.32. The predicted octanol–water partition coefficient (Wildman–Crippen LogP) is 3.23. The minimum atomic E-state index is -3.11. The first kappa shape index (κ1) is 20.6. The van der Waals surface area contributed by atoms with Gasteiger partial charge in [0.2, 0.25) is 0 Å². The molecule has 0 amide bonds. The molecule has 0 atom stereocenters. The van der Waals surface area contributed by atoms with E-state index in [1.165, 1.54) is 13.2 Å². The van der Waals surface area contributed by atoms with Crippen LogP contribution in [0.2, 0.25) is 0 Å². The zero-order valence-electron chi connectivity index (χ0n) is 15.8. The number of benzene rings is 2. The third-order valence-electron chi connectivity index (χ3n) is 4.76. The Bertz CT molecular complexity index is 856. The van der Waals surface area contributed by atoms with Crippen molar-refractivity contribution in [2.45, 2.75) is 13.2 Å². The fourth-order valence-corrected chi connectivity index (χ4v) is 3.30. The number of nitrogens with zero attached hydrogens (tertiary/aromatic N) is 3. The Morgan fingerprint density at radius 3 is 2.34 bits per heavy atom. The van der Waals surface area contributed by atoms with Crippen LogP contribution >= 0.6 is 0 Å². The number of hydrogen-bond acceptors (Lipinski definition) is 7. The van der Waals surface area contributed by atoms with Gasteiger partial charge in [0.05, 0.1) is 18.1 Å². The second-order valence-electron chi connectivity index (χ2n) is 6.55. The van der Waals surface area contributed by atoms with Gasteiger partial charge in [-0.3, -0.25) is 15.0 Å². The lowest BCUT2D eigenvalue weighted by Crippen LogP contribution is -2.46. The van der Waals surface area contributed by atoms with Crippen molar-refractivity contribution in [1.82, 2.24) is 4.90 Å². The van der Waals surface area contributed by atoms with Crippen molar-refractivity contribution >= 4 is 11.4 Å². The number of phenols is 1. The molecule has 0 unspecified atom stereocenters. The molecule has 2 aromatic rings. The van der Waals surface area contributed by atoms with Crippen LogP contribution in [-0.4, -0.2) is 54.8 Å². The quantitative estimate of drug-likeness (QED) is 0.555. The van der Waals surface area contributed by atoms with Gasteiger partial charge >= 0.3 is 6.61 Å². The highest BCUT2D eigenvalue weighted by atomic mass is 19.3. The van der Waals surface area contributed by atoms with Crippen molar-refractivity contribution in [2.75, 3.05) is 38.2 Å². The van der Waals surface area contributed by atoms with Gasteiger partial charge in [-0.1, -0.05) is 0 Å². The summed E-state index contributed by atoms with van der Waals surface area (Å²) in [5.41, 5.74) is 1.07. The van der Waals surface area contributed by atoms with Gasteiger partial charge in [0.25, 0.3) is 5.69 Å². The lowest BCUT2D eigenvalue weighted by molar-refractivity contribution is -0.385. The normalized spacial score (nSPS) is 14.8. The van der Waals surface area contributed by atoms with Gasteiger partial charge in [-0.25, -0.2) is 0 Å². The topological polar surface area (TPSA) is 88.3 Å². The molecule has 0 radical (unpaired) electrons. The highest BCUT2D eigenvalue weighted by Crippen LogP contribution is 2.36. The molecule has 156 valence electrons. The molecule has 0 saturated carbocycles. The van der Waals surface area contributed by atoms with E-state index in [1.807, 2.05) is 17.0 Å².